The lowest BCUT2D eigenvalue weighted by Crippen LogP contribution is -2.34. The Hall–Kier alpha value is -2.40. The highest BCUT2D eigenvalue weighted by Crippen LogP contribution is 2.32. The molecule has 7 nitrogen and oxygen atoms in total. The van der Waals surface area contributed by atoms with Gasteiger partial charge in [0.15, 0.2) is 0 Å². The van der Waals surface area contributed by atoms with E-state index in [-0.39, 0.29) is 6.04 Å². The average Bonchev–Trinajstić information content (AvgIpc) is 3.19. The second-order valence-electron chi connectivity index (χ2n) is 8.23. The number of hydrogen-bond acceptors (Lipinski definition) is 7. The highest BCUT2D eigenvalue weighted by atomic mass is 35.5. The molecule has 1 saturated carbocycles. The Morgan fingerprint density at radius 3 is 2.83 bits per heavy atom. The molecule has 3 heterocycles. The van der Waals surface area contributed by atoms with Gasteiger partial charge >= 0.3 is 0 Å². The van der Waals surface area contributed by atoms with Crippen LogP contribution in [0.4, 0.5) is 11.6 Å². The lowest BCUT2D eigenvalue weighted by atomic mass is 9.82. The van der Waals surface area contributed by atoms with Crippen LogP contribution in [0.2, 0.25) is 5.02 Å². The molecule has 0 radical (unpaired) electrons. The maximum Gasteiger partial charge on any atom is 0.126 e. The molecule has 2 aromatic heterocycles. The Morgan fingerprint density at radius 1 is 1.27 bits per heavy atom. The van der Waals surface area contributed by atoms with Crippen molar-refractivity contribution in [3.05, 3.63) is 35.5 Å². The molecule has 2 aliphatic rings. The minimum atomic E-state index is -0.413. The van der Waals surface area contributed by atoms with Gasteiger partial charge < -0.3 is 21.1 Å². The molecule has 1 aliphatic heterocycles. The average molecular weight is 427 g/mol. The van der Waals surface area contributed by atoms with E-state index in [0.29, 0.717) is 30.8 Å². The van der Waals surface area contributed by atoms with Crippen molar-refractivity contribution >= 4 is 23.2 Å². The minimum absolute atomic E-state index is 0.256. The van der Waals surface area contributed by atoms with Crippen LogP contribution < -0.4 is 16.4 Å². The van der Waals surface area contributed by atoms with Crippen molar-refractivity contribution in [3.63, 3.8) is 0 Å². The predicted octanol–water partition coefficient (Wildman–Crippen LogP) is 3.82. The number of hydrogen-bond donors (Lipinski definition) is 3. The van der Waals surface area contributed by atoms with Crippen molar-refractivity contribution in [2.24, 2.45) is 11.1 Å². The van der Waals surface area contributed by atoms with Gasteiger partial charge in [-0.2, -0.15) is 5.26 Å². The Bertz CT molecular complexity index is 924. The van der Waals surface area contributed by atoms with Gasteiger partial charge in [-0.25, -0.2) is 9.97 Å². The van der Waals surface area contributed by atoms with Crippen LogP contribution >= 0.6 is 11.6 Å². The molecule has 1 aliphatic carbocycles. The van der Waals surface area contributed by atoms with Gasteiger partial charge in [0.25, 0.3) is 0 Å². The molecule has 0 amide bonds. The molecule has 0 aromatic carbocycles. The number of rotatable bonds is 6. The van der Waals surface area contributed by atoms with Gasteiger partial charge in [-0.3, -0.25) is 0 Å². The van der Waals surface area contributed by atoms with Gasteiger partial charge in [0, 0.05) is 43.6 Å². The fourth-order valence-corrected chi connectivity index (χ4v) is 4.30. The Balaban J connectivity index is 1.49. The van der Waals surface area contributed by atoms with E-state index in [2.05, 4.69) is 21.7 Å². The first-order chi connectivity index (χ1) is 14.6. The van der Waals surface area contributed by atoms with Gasteiger partial charge in [-0.05, 0) is 50.3 Å². The number of ether oxygens (including phenoxy) is 1. The Morgan fingerprint density at radius 2 is 2.10 bits per heavy atom. The topological polar surface area (TPSA) is 109 Å². The van der Waals surface area contributed by atoms with Crippen LogP contribution in [0.1, 0.15) is 32.1 Å². The van der Waals surface area contributed by atoms with Crippen molar-refractivity contribution in [1.82, 2.24) is 9.97 Å². The molecule has 8 heteroatoms. The van der Waals surface area contributed by atoms with E-state index in [1.54, 1.807) is 6.20 Å². The van der Waals surface area contributed by atoms with Crippen LogP contribution in [-0.4, -0.2) is 41.8 Å². The van der Waals surface area contributed by atoms with Crippen molar-refractivity contribution in [2.75, 3.05) is 30.4 Å². The lowest BCUT2D eigenvalue weighted by Gasteiger charge is -2.30. The van der Waals surface area contributed by atoms with Crippen LogP contribution in [0.25, 0.3) is 11.3 Å². The number of nitriles is 1. The van der Waals surface area contributed by atoms with Crippen molar-refractivity contribution in [1.29, 1.82) is 5.26 Å². The summed E-state index contributed by atoms with van der Waals surface area (Å²) in [5.41, 5.74) is 7.18. The van der Waals surface area contributed by atoms with Gasteiger partial charge in [-0.1, -0.05) is 17.7 Å². The van der Waals surface area contributed by atoms with Crippen molar-refractivity contribution < 1.29 is 4.74 Å². The zero-order valence-electron chi connectivity index (χ0n) is 16.9. The highest BCUT2D eigenvalue weighted by molar-refractivity contribution is 6.33. The quantitative estimate of drug-likeness (QED) is 0.644. The van der Waals surface area contributed by atoms with Gasteiger partial charge in [0.05, 0.1) is 22.2 Å². The largest absolute Gasteiger partial charge is 0.381 e. The molecule has 2 unspecified atom stereocenters. The first-order valence-electron chi connectivity index (χ1n) is 10.4. The van der Waals surface area contributed by atoms with E-state index in [1.807, 2.05) is 24.3 Å². The van der Waals surface area contributed by atoms with Crippen LogP contribution in [0, 0.1) is 16.7 Å². The van der Waals surface area contributed by atoms with Gasteiger partial charge in [0.2, 0.25) is 0 Å². The van der Waals surface area contributed by atoms with E-state index in [1.165, 1.54) is 0 Å². The molecule has 0 bridgehead atoms. The van der Waals surface area contributed by atoms with E-state index in [0.717, 1.165) is 55.0 Å². The predicted molar refractivity (Wildman–Crippen MR) is 118 cm³/mol. The molecule has 158 valence electrons. The first kappa shape index (κ1) is 20.9. The van der Waals surface area contributed by atoms with Crippen molar-refractivity contribution in [3.8, 4) is 17.3 Å². The maximum absolute atomic E-state index is 9.65. The van der Waals surface area contributed by atoms with Crippen LogP contribution in [0.3, 0.4) is 0 Å². The van der Waals surface area contributed by atoms with Crippen LogP contribution in [-0.2, 0) is 4.74 Å². The zero-order valence-corrected chi connectivity index (χ0v) is 17.7. The summed E-state index contributed by atoms with van der Waals surface area (Å²) in [6.45, 7) is 1.79. The molecule has 2 fully saturated rings. The monoisotopic (exact) mass is 426 g/mol. The summed E-state index contributed by atoms with van der Waals surface area (Å²) >= 11 is 6.44. The number of halogens is 1. The van der Waals surface area contributed by atoms with Crippen molar-refractivity contribution in [2.45, 2.75) is 44.2 Å². The number of nitrogens with zero attached hydrogens (tertiary/aromatic N) is 3. The normalized spacial score (nSPS) is 23.0. The number of pyridine rings is 2. The summed E-state index contributed by atoms with van der Waals surface area (Å²) in [7, 11) is 0. The minimum Gasteiger partial charge on any atom is -0.381 e. The van der Waals surface area contributed by atoms with E-state index in [4.69, 9.17) is 27.1 Å². The first-order valence-corrected chi connectivity index (χ1v) is 10.8. The number of aromatic nitrogens is 2. The summed E-state index contributed by atoms with van der Waals surface area (Å²) in [5, 5.41) is 17.0. The molecule has 4 rings (SSSR count). The van der Waals surface area contributed by atoms with Crippen LogP contribution in [0.5, 0.6) is 0 Å². The maximum atomic E-state index is 9.65. The molecule has 0 spiro atoms. The molecule has 2 atom stereocenters. The third-order valence-electron chi connectivity index (χ3n) is 6.00. The Labute approximate surface area is 182 Å². The molecule has 1 saturated heterocycles. The smallest absolute Gasteiger partial charge is 0.126 e. The third-order valence-corrected chi connectivity index (χ3v) is 6.30. The van der Waals surface area contributed by atoms with E-state index >= 15 is 0 Å². The van der Waals surface area contributed by atoms with Gasteiger partial charge in [0.1, 0.15) is 11.6 Å². The lowest BCUT2D eigenvalue weighted by molar-refractivity contribution is 0.0455. The number of nitrogens with two attached hydrogens (primary N) is 1. The summed E-state index contributed by atoms with van der Waals surface area (Å²) in [6.07, 6.45) is 6.14. The molecule has 2 aromatic rings. The van der Waals surface area contributed by atoms with Gasteiger partial charge in [-0.15, -0.1) is 0 Å². The summed E-state index contributed by atoms with van der Waals surface area (Å²) in [6, 6.07) is 10.8. The second kappa shape index (κ2) is 9.17. The fraction of sp³-hybridized carbons (Fsp3) is 0.500. The van der Waals surface area contributed by atoms with Crippen LogP contribution in [0.15, 0.2) is 30.5 Å². The number of nitrogens with one attached hydrogen (secondary N) is 2. The SMILES string of the molecule is N#CC1(CNc2cccc(-c3cc(NC4CCC(N)C4)ncc3Cl)n2)CCOCC1. The fourth-order valence-electron chi connectivity index (χ4n) is 4.10. The zero-order chi connectivity index (χ0) is 21.0. The molecular formula is C22H27ClN6O. The van der Waals surface area contributed by atoms with E-state index in [9.17, 15) is 5.26 Å². The molecular weight excluding hydrogens is 400 g/mol. The standard InChI is InChI=1S/C22H27ClN6O/c23-18-12-26-21(28-16-5-4-15(25)10-16)11-17(18)19-2-1-3-20(29-19)27-14-22(13-24)6-8-30-9-7-22/h1-3,11-12,15-16H,4-10,14,25H2,(H,26,28)(H,27,29). The van der Waals surface area contributed by atoms with E-state index < -0.39 is 5.41 Å². The second-order valence-corrected chi connectivity index (χ2v) is 8.64. The molecule has 4 N–H and O–H groups in total. The third kappa shape index (κ3) is 4.84. The Kier molecular flexibility index (Phi) is 6.38. The summed E-state index contributed by atoms with van der Waals surface area (Å²) in [4.78, 5) is 9.14. The highest BCUT2D eigenvalue weighted by Gasteiger charge is 2.32. The summed E-state index contributed by atoms with van der Waals surface area (Å²) < 4.78 is 5.41. The number of anilines is 2. The molecule has 30 heavy (non-hydrogen) atoms. The summed E-state index contributed by atoms with van der Waals surface area (Å²) in [5.74, 6) is 1.50.